The lowest BCUT2D eigenvalue weighted by Gasteiger charge is -2.20. The van der Waals surface area contributed by atoms with Crippen molar-refractivity contribution in [3.05, 3.63) is 33.6 Å². The van der Waals surface area contributed by atoms with Crippen LogP contribution in [0.15, 0.2) is 16.0 Å². The topological polar surface area (TPSA) is 60.2 Å². The first-order valence-electron chi connectivity index (χ1n) is 6.72. The van der Waals surface area contributed by atoms with E-state index in [1.165, 1.54) is 10.4 Å². The minimum atomic E-state index is -2.45. The molecule has 0 radical (unpaired) electrons. The zero-order valence-corrected chi connectivity index (χ0v) is 12.0. The van der Waals surface area contributed by atoms with E-state index in [0.717, 1.165) is 13.0 Å². The molecule has 3 rings (SSSR count). The predicted octanol–water partition coefficient (Wildman–Crippen LogP) is 2.19. The molecule has 1 aliphatic heterocycles. The summed E-state index contributed by atoms with van der Waals surface area (Å²) < 4.78 is 34.0. The van der Waals surface area contributed by atoms with Gasteiger partial charge in [-0.05, 0) is 23.4 Å². The van der Waals surface area contributed by atoms with E-state index in [1.807, 2.05) is 0 Å². The van der Waals surface area contributed by atoms with E-state index in [4.69, 9.17) is 9.26 Å². The lowest BCUT2D eigenvalue weighted by atomic mass is 10.0. The number of nitrogens with one attached hydrogen (secondary N) is 1. The van der Waals surface area contributed by atoms with Crippen molar-refractivity contribution in [2.24, 2.45) is 0 Å². The van der Waals surface area contributed by atoms with Gasteiger partial charge in [-0.15, -0.1) is 11.3 Å². The van der Waals surface area contributed by atoms with Crippen LogP contribution in [-0.4, -0.2) is 36.3 Å². The fourth-order valence-corrected chi connectivity index (χ4v) is 3.21. The molecule has 0 aromatic carbocycles. The molecule has 0 spiro atoms. The van der Waals surface area contributed by atoms with Crippen molar-refractivity contribution < 1.29 is 18.0 Å². The molecule has 1 unspecified atom stereocenters. The SMILES string of the molecule is FC(F)COCCc1noc(C2NCCc3sccc32)n1. The van der Waals surface area contributed by atoms with Crippen LogP contribution in [0.4, 0.5) is 8.78 Å². The lowest BCUT2D eigenvalue weighted by Crippen LogP contribution is -2.29. The third-order valence-corrected chi connectivity index (χ3v) is 4.23. The van der Waals surface area contributed by atoms with Crippen LogP contribution in [0.2, 0.25) is 0 Å². The summed E-state index contributed by atoms with van der Waals surface area (Å²) in [5.74, 6) is 0.988. The molecule has 2 aromatic rings. The number of nitrogens with zero attached hydrogens (tertiary/aromatic N) is 2. The van der Waals surface area contributed by atoms with Crippen molar-refractivity contribution >= 4 is 11.3 Å². The van der Waals surface area contributed by atoms with Crippen molar-refractivity contribution in [1.29, 1.82) is 0 Å². The van der Waals surface area contributed by atoms with Crippen LogP contribution < -0.4 is 5.32 Å². The van der Waals surface area contributed by atoms with Crippen molar-refractivity contribution in [2.75, 3.05) is 19.8 Å². The van der Waals surface area contributed by atoms with Crippen LogP contribution in [0.25, 0.3) is 0 Å². The number of fused-ring (bicyclic) bond motifs is 1. The van der Waals surface area contributed by atoms with Gasteiger partial charge in [0.2, 0.25) is 5.89 Å². The number of halogens is 2. The lowest BCUT2D eigenvalue weighted by molar-refractivity contribution is 0.0182. The van der Waals surface area contributed by atoms with Gasteiger partial charge in [0.15, 0.2) is 5.82 Å². The quantitative estimate of drug-likeness (QED) is 0.828. The molecule has 21 heavy (non-hydrogen) atoms. The molecule has 0 bridgehead atoms. The highest BCUT2D eigenvalue weighted by Crippen LogP contribution is 2.31. The maximum Gasteiger partial charge on any atom is 0.261 e. The summed E-state index contributed by atoms with van der Waals surface area (Å²) >= 11 is 1.73. The van der Waals surface area contributed by atoms with E-state index >= 15 is 0 Å². The Morgan fingerprint density at radius 1 is 1.52 bits per heavy atom. The molecule has 0 saturated heterocycles. The predicted molar refractivity (Wildman–Crippen MR) is 72.7 cm³/mol. The largest absolute Gasteiger partial charge is 0.375 e. The van der Waals surface area contributed by atoms with Gasteiger partial charge in [0, 0.05) is 17.8 Å². The van der Waals surface area contributed by atoms with Gasteiger partial charge in [-0.3, -0.25) is 0 Å². The van der Waals surface area contributed by atoms with Gasteiger partial charge in [-0.2, -0.15) is 4.98 Å². The molecule has 2 aromatic heterocycles. The van der Waals surface area contributed by atoms with E-state index in [-0.39, 0.29) is 12.6 Å². The minimum absolute atomic E-state index is 0.0803. The first-order chi connectivity index (χ1) is 10.2. The zero-order chi connectivity index (χ0) is 14.7. The van der Waals surface area contributed by atoms with E-state index in [1.54, 1.807) is 11.3 Å². The highest BCUT2D eigenvalue weighted by molar-refractivity contribution is 7.10. The average Bonchev–Trinajstić information content (AvgIpc) is 3.12. The third-order valence-electron chi connectivity index (χ3n) is 3.24. The number of alkyl halides is 2. The molecule has 1 N–H and O–H groups in total. The van der Waals surface area contributed by atoms with Gasteiger partial charge < -0.3 is 14.6 Å². The molecule has 1 atom stereocenters. The van der Waals surface area contributed by atoms with Crippen molar-refractivity contribution in [1.82, 2.24) is 15.5 Å². The van der Waals surface area contributed by atoms with Crippen LogP contribution in [-0.2, 0) is 17.6 Å². The summed E-state index contributed by atoms with van der Waals surface area (Å²) in [4.78, 5) is 5.66. The third kappa shape index (κ3) is 3.45. The van der Waals surface area contributed by atoms with Gasteiger partial charge in [0.1, 0.15) is 12.6 Å². The van der Waals surface area contributed by atoms with Crippen LogP contribution >= 0.6 is 11.3 Å². The maximum absolute atomic E-state index is 11.9. The first-order valence-corrected chi connectivity index (χ1v) is 7.60. The maximum atomic E-state index is 11.9. The molecule has 0 saturated carbocycles. The molecular formula is C13H15F2N3O2S. The van der Waals surface area contributed by atoms with Crippen LogP contribution in [0.3, 0.4) is 0 Å². The van der Waals surface area contributed by atoms with E-state index in [2.05, 4.69) is 26.9 Å². The van der Waals surface area contributed by atoms with E-state index in [9.17, 15) is 8.78 Å². The Morgan fingerprint density at radius 3 is 3.29 bits per heavy atom. The summed E-state index contributed by atoms with van der Waals surface area (Å²) in [6.07, 6.45) is -1.08. The molecule has 1 aliphatic rings. The monoisotopic (exact) mass is 315 g/mol. The number of ether oxygens (including phenoxy) is 1. The summed E-state index contributed by atoms with van der Waals surface area (Å²) in [7, 11) is 0. The molecule has 114 valence electrons. The highest BCUT2D eigenvalue weighted by atomic mass is 32.1. The smallest absolute Gasteiger partial charge is 0.261 e. The summed E-state index contributed by atoms with van der Waals surface area (Å²) in [6.45, 7) is 0.464. The second kappa shape index (κ2) is 6.59. The Balaban J connectivity index is 1.61. The van der Waals surface area contributed by atoms with Gasteiger partial charge in [0.25, 0.3) is 6.43 Å². The summed E-state index contributed by atoms with van der Waals surface area (Å²) in [5.41, 5.74) is 1.18. The standard InChI is InChI=1S/C13H15F2N3O2S/c14-10(15)7-19-5-2-11-17-13(20-18-11)12-8-3-6-21-9(8)1-4-16-12/h3,6,10,12,16H,1-2,4-5,7H2. The molecule has 0 fully saturated rings. The number of aromatic nitrogens is 2. The molecule has 0 aliphatic carbocycles. The Kier molecular flexibility index (Phi) is 4.57. The van der Waals surface area contributed by atoms with Crippen LogP contribution in [0.5, 0.6) is 0 Å². The molecule has 8 heteroatoms. The summed E-state index contributed by atoms with van der Waals surface area (Å²) in [6, 6.07) is 1.98. The minimum Gasteiger partial charge on any atom is -0.375 e. The van der Waals surface area contributed by atoms with Crippen molar-refractivity contribution in [3.8, 4) is 0 Å². The van der Waals surface area contributed by atoms with Gasteiger partial charge in [0.05, 0.1) is 6.61 Å². The highest BCUT2D eigenvalue weighted by Gasteiger charge is 2.26. The van der Waals surface area contributed by atoms with E-state index < -0.39 is 13.0 Å². The second-order valence-electron chi connectivity index (χ2n) is 4.70. The second-order valence-corrected chi connectivity index (χ2v) is 5.70. The number of rotatable bonds is 6. The normalized spacial score (nSPS) is 18.1. The Bertz CT molecular complexity index is 587. The van der Waals surface area contributed by atoms with Crippen LogP contribution in [0, 0.1) is 0 Å². The molecule has 3 heterocycles. The van der Waals surface area contributed by atoms with Gasteiger partial charge in [-0.1, -0.05) is 5.16 Å². The van der Waals surface area contributed by atoms with Crippen molar-refractivity contribution in [3.63, 3.8) is 0 Å². The summed E-state index contributed by atoms with van der Waals surface area (Å²) in [5, 5.41) is 9.28. The van der Waals surface area contributed by atoms with E-state index in [0.29, 0.717) is 18.1 Å². The van der Waals surface area contributed by atoms with Crippen molar-refractivity contribution in [2.45, 2.75) is 25.3 Å². The zero-order valence-electron chi connectivity index (χ0n) is 11.2. The number of hydrogen-bond donors (Lipinski definition) is 1. The first kappa shape index (κ1) is 14.6. The van der Waals surface area contributed by atoms with Crippen LogP contribution in [0.1, 0.15) is 28.2 Å². The fraction of sp³-hybridized carbons (Fsp3) is 0.538. The molecule has 0 amide bonds. The van der Waals surface area contributed by atoms with Gasteiger partial charge >= 0.3 is 0 Å². The Labute approximate surface area is 124 Å². The fourth-order valence-electron chi connectivity index (χ4n) is 2.29. The average molecular weight is 315 g/mol. The number of thiophene rings is 1. The van der Waals surface area contributed by atoms with Gasteiger partial charge in [-0.25, -0.2) is 8.78 Å². The Hall–Kier alpha value is -1.38. The molecular weight excluding hydrogens is 300 g/mol. The molecule has 5 nitrogen and oxygen atoms in total. The Morgan fingerprint density at radius 2 is 2.43 bits per heavy atom. The number of hydrogen-bond acceptors (Lipinski definition) is 6.